The molecule has 1 aromatic heterocycles. The molecule has 110 valence electrons. The lowest BCUT2D eigenvalue weighted by Gasteiger charge is -2.17. The Bertz CT molecular complexity index is 629. The zero-order valence-corrected chi connectivity index (χ0v) is 12.3. The molecule has 3 aliphatic rings. The Balaban J connectivity index is 1.55. The van der Waals surface area contributed by atoms with Crippen LogP contribution in [0, 0.1) is 11.8 Å². The Morgan fingerprint density at radius 1 is 1.19 bits per heavy atom. The van der Waals surface area contributed by atoms with Crippen LogP contribution in [0.1, 0.15) is 23.4 Å². The molecule has 0 radical (unpaired) electrons. The molecule has 1 aromatic rings. The summed E-state index contributed by atoms with van der Waals surface area (Å²) in [7, 11) is 0. The molecule has 21 heavy (non-hydrogen) atoms. The normalized spacial score (nSPS) is 33.7. The van der Waals surface area contributed by atoms with E-state index in [9.17, 15) is 14.4 Å². The van der Waals surface area contributed by atoms with Crippen LogP contribution in [0.5, 0.6) is 0 Å². The van der Waals surface area contributed by atoms with E-state index in [-0.39, 0.29) is 18.0 Å². The maximum atomic E-state index is 12.3. The third-order valence-electron chi connectivity index (χ3n) is 4.29. The summed E-state index contributed by atoms with van der Waals surface area (Å²) in [4.78, 5) is 36.7. The van der Waals surface area contributed by atoms with Gasteiger partial charge in [-0.2, -0.15) is 5.01 Å². The number of nitrogens with zero attached hydrogens (tertiary/aromatic N) is 1. The van der Waals surface area contributed by atoms with Gasteiger partial charge in [0.25, 0.3) is 11.8 Å². The molecule has 0 saturated carbocycles. The Kier molecular flexibility index (Phi) is 2.74. The van der Waals surface area contributed by atoms with Gasteiger partial charge in [-0.05, 0) is 40.9 Å². The molecule has 4 rings (SSSR count). The largest absolute Gasteiger partial charge is 0.444 e. The summed E-state index contributed by atoms with van der Waals surface area (Å²) < 4.78 is 11.1. The van der Waals surface area contributed by atoms with Gasteiger partial charge in [-0.25, -0.2) is 0 Å². The third-order valence-corrected chi connectivity index (χ3v) is 4.72. The maximum Gasteiger partial charge on any atom is 0.306 e. The first-order valence-electron chi connectivity index (χ1n) is 6.66. The van der Waals surface area contributed by atoms with Crippen molar-refractivity contribution >= 4 is 33.7 Å². The highest BCUT2D eigenvalue weighted by molar-refractivity contribution is 9.10. The number of imide groups is 1. The van der Waals surface area contributed by atoms with Gasteiger partial charge in [-0.3, -0.25) is 19.8 Å². The topological polar surface area (TPSA) is 88.9 Å². The van der Waals surface area contributed by atoms with Gasteiger partial charge in [-0.1, -0.05) is 0 Å². The number of amides is 3. The van der Waals surface area contributed by atoms with Gasteiger partial charge in [0, 0.05) is 0 Å². The van der Waals surface area contributed by atoms with Crippen molar-refractivity contribution in [3.8, 4) is 0 Å². The standard InChI is InChI=1S/C13H11BrN2O5/c14-8-4-3-7(21-8)11(17)15-16-12(18)9-5-1-2-6(20-5)10(9)13(16)19/h3-6,9-10H,1-2H2,(H,15,17)/t5-,6-,9-,10-/m1/s1. The van der Waals surface area contributed by atoms with E-state index in [1.165, 1.54) is 6.07 Å². The average Bonchev–Trinajstić information content (AvgIpc) is 3.19. The van der Waals surface area contributed by atoms with Crippen molar-refractivity contribution in [2.45, 2.75) is 25.0 Å². The van der Waals surface area contributed by atoms with E-state index < -0.39 is 29.6 Å². The molecule has 3 saturated heterocycles. The van der Waals surface area contributed by atoms with Crippen molar-refractivity contribution in [2.75, 3.05) is 0 Å². The summed E-state index contributed by atoms with van der Waals surface area (Å²) in [5.41, 5.74) is 2.33. The van der Waals surface area contributed by atoms with Crippen molar-refractivity contribution < 1.29 is 23.5 Å². The molecule has 3 fully saturated rings. The van der Waals surface area contributed by atoms with E-state index in [1.807, 2.05) is 0 Å². The molecule has 4 heterocycles. The second-order valence-corrected chi connectivity index (χ2v) is 6.18. The van der Waals surface area contributed by atoms with Gasteiger partial charge in [0.2, 0.25) is 0 Å². The van der Waals surface area contributed by atoms with Crippen molar-refractivity contribution in [1.82, 2.24) is 10.4 Å². The predicted octanol–water partition coefficient (Wildman–Crippen LogP) is 0.849. The van der Waals surface area contributed by atoms with Crippen LogP contribution in [0.15, 0.2) is 21.2 Å². The van der Waals surface area contributed by atoms with Gasteiger partial charge in [0.05, 0.1) is 24.0 Å². The van der Waals surface area contributed by atoms with Crippen LogP contribution in [-0.4, -0.2) is 34.9 Å². The molecule has 3 amide bonds. The summed E-state index contributed by atoms with van der Waals surface area (Å²) in [5.74, 6) is -2.30. The number of furan rings is 1. The Labute approximate surface area is 127 Å². The second-order valence-electron chi connectivity index (χ2n) is 5.40. The van der Waals surface area contributed by atoms with E-state index in [0.717, 1.165) is 17.9 Å². The number of hydrazine groups is 1. The molecule has 0 aromatic carbocycles. The fourth-order valence-electron chi connectivity index (χ4n) is 3.42. The molecule has 0 spiro atoms. The summed E-state index contributed by atoms with van der Waals surface area (Å²) in [6.07, 6.45) is 1.18. The molecule has 7 nitrogen and oxygen atoms in total. The number of carbonyl (C=O) groups excluding carboxylic acids is 3. The summed E-state index contributed by atoms with van der Waals surface area (Å²) in [6, 6.07) is 3.02. The lowest BCUT2D eigenvalue weighted by Crippen LogP contribution is -2.47. The van der Waals surface area contributed by atoms with Gasteiger partial charge in [0.15, 0.2) is 10.4 Å². The summed E-state index contributed by atoms with van der Waals surface area (Å²) in [6.45, 7) is 0. The van der Waals surface area contributed by atoms with Crippen molar-refractivity contribution in [3.05, 3.63) is 22.6 Å². The minimum atomic E-state index is -0.629. The highest BCUT2D eigenvalue weighted by atomic mass is 79.9. The van der Waals surface area contributed by atoms with Crippen molar-refractivity contribution in [3.63, 3.8) is 0 Å². The van der Waals surface area contributed by atoms with E-state index in [0.29, 0.717) is 4.67 Å². The Morgan fingerprint density at radius 2 is 1.81 bits per heavy atom. The monoisotopic (exact) mass is 354 g/mol. The quantitative estimate of drug-likeness (QED) is 0.795. The van der Waals surface area contributed by atoms with Crippen LogP contribution >= 0.6 is 15.9 Å². The van der Waals surface area contributed by atoms with Crippen LogP contribution in [0.4, 0.5) is 0 Å². The fraction of sp³-hybridized carbons (Fsp3) is 0.462. The van der Waals surface area contributed by atoms with E-state index in [1.54, 1.807) is 6.07 Å². The average molecular weight is 355 g/mol. The molecule has 1 N–H and O–H groups in total. The molecule has 2 bridgehead atoms. The molecule has 0 aliphatic carbocycles. The lowest BCUT2D eigenvalue weighted by molar-refractivity contribution is -0.145. The van der Waals surface area contributed by atoms with E-state index >= 15 is 0 Å². The van der Waals surface area contributed by atoms with Crippen molar-refractivity contribution in [1.29, 1.82) is 0 Å². The van der Waals surface area contributed by atoms with Crippen molar-refractivity contribution in [2.24, 2.45) is 11.8 Å². The number of carbonyl (C=O) groups is 3. The minimum absolute atomic E-state index is 0.0266. The predicted molar refractivity (Wildman–Crippen MR) is 70.6 cm³/mol. The first-order valence-corrected chi connectivity index (χ1v) is 7.45. The lowest BCUT2D eigenvalue weighted by atomic mass is 9.81. The number of rotatable bonds is 2. The molecule has 8 heteroatoms. The second kappa shape index (κ2) is 4.41. The van der Waals surface area contributed by atoms with E-state index in [2.05, 4.69) is 21.4 Å². The smallest absolute Gasteiger partial charge is 0.306 e. The Hall–Kier alpha value is -1.67. The molecule has 4 atom stereocenters. The molecular formula is C13H11BrN2O5. The van der Waals surface area contributed by atoms with Crippen LogP contribution in [0.25, 0.3) is 0 Å². The molecular weight excluding hydrogens is 344 g/mol. The highest BCUT2D eigenvalue weighted by Crippen LogP contribution is 2.48. The first kappa shape index (κ1) is 13.0. The van der Waals surface area contributed by atoms with Gasteiger partial charge < -0.3 is 9.15 Å². The SMILES string of the molecule is O=C(NN1C(=O)[C@H]2[C@H](C1=O)[C@H]1CC[C@H]2O1)c1ccc(Br)o1. The fourth-order valence-corrected chi connectivity index (χ4v) is 3.72. The molecule has 3 aliphatic heterocycles. The minimum Gasteiger partial charge on any atom is -0.444 e. The van der Waals surface area contributed by atoms with Crippen LogP contribution in [0.3, 0.4) is 0 Å². The van der Waals surface area contributed by atoms with Gasteiger partial charge >= 0.3 is 5.91 Å². The number of hydrogen-bond donors (Lipinski definition) is 1. The van der Waals surface area contributed by atoms with Gasteiger partial charge in [-0.15, -0.1) is 0 Å². The third kappa shape index (κ3) is 1.78. The number of nitrogens with one attached hydrogen (secondary N) is 1. The van der Waals surface area contributed by atoms with Crippen LogP contribution in [-0.2, 0) is 14.3 Å². The Morgan fingerprint density at radius 3 is 2.33 bits per heavy atom. The van der Waals surface area contributed by atoms with Crippen LogP contribution < -0.4 is 5.43 Å². The highest BCUT2D eigenvalue weighted by Gasteiger charge is 2.62. The van der Waals surface area contributed by atoms with E-state index in [4.69, 9.17) is 9.15 Å². The zero-order chi connectivity index (χ0) is 14.7. The number of ether oxygens (including phenoxy) is 1. The summed E-state index contributed by atoms with van der Waals surface area (Å²) in [5, 5.41) is 0.821. The zero-order valence-electron chi connectivity index (χ0n) is 10.7. The maximum absolute atomic E-state index is 12.3. The summed E-state index contributed by atoms with van der Waals surface area (Å²) >= 11 is 3.09. The van der Waals surface area contributed by atoms with Gasteiger partial charge in [0.1, 0.15) is 0 Å². The number of hydrogen-bond acceptors (Lipinski definition) is 5. The van der Waals surface area contributed by atoms with Crippen LogP contribution in [0.2, 0.25) is 0 Å². The first-order chi connectivity index (χ1) is 10.1. The number of halogens is 1. The number of fused-ring (bicyclic) bond motifs is 5. The molecule has 0 unspecified atom stereocenters.